The quantitative estimate of drug-likeness (QED) is 0.733. The van der Waals surface area contributed by atoms with Gasteiger partial charge in [0.1, 0.15) is 0 Å². The van der Waals surface area contributed by atoms with Gasteiger partial charge in [0, 0.05) is 18.1 Å². The predicted molar refractivity (Wildman–Crippen MR) is 60.3 cm³/mol. The third-order valence-electron chi connectivity index (χ3n) is 4.10. The molecule has 0 aromatic carbocycles. The number of hydrogen-bond donors (Lipinski definition) is 1. The zero-order chi connectivity index (χ0) is 9.97. The van der Waals surface area contributed by atoms with Crippen LogP contribution in [0.5, 0.6) is 0 Å². The van der Waals surface area contributed by atoms with Crippen LogP contribution in [0.15, 0.2) is 0 Å². The zero-order valence-corrected chi connectivity index (χ0v) is 9.41. The van der Waals surface area contributed by atoms with E-state index in [1.165, 1.54) is 51.5 Å². The lowest BCUT2D eigenvalue weighted by Crippen LogP contribution is -2.43. The molecule has 2 rings (SSSR count). The normalized spacial score (nSPS) is 40.3. The van der Waals surface area contributed by atoms with Crippen molar-refractivity contribution in [2.75, 3.05) is 6.54 Å². The van der Waals surface area contributed by atoms with Crippen molar-refractivity contribution < 1.29 is 0 Å². The van der Waals surface area contributed by atoms with E-state index in [4.69, 9.17) is 5.73 Å². The Morgan fingerprint density at radius 3 is 2.50 bits per heavy atom. The standard InChI is InChI=1S/C12H24N2/c1-2-11-4-3-9-14(11)12-7-5-10(13)6-8-12/h10-12H,2-9,13H2,1H3. The maximum Gasteiger partial charge on any atom is 0.00993 e. The molecule has 1 unspecified atom stereocenters. The highest BCUT2D eigenvalue weighted by atomic mass is 15.2. The fourth-order valence-corrected chi connectivity index (χ4v) is 3.21. The van der Waals surface area contributed by atoms with Crippen LogP contribution in [0.4, 0.5) is 0 Å². The molecule has 2 aliphatic rings. The fourth-order valence-electron chi connectivity index (χ4n) is 3.21. The first-order valence-corrected chi connectivity index (χ1v) is 6.32. The van der Waals surface area contributed by atoms with Gasteiger partial charge in [0.2, 0.25) is 0 Å². The summed E-state index contributed by atoms with van der Waals surface area (Å²) < 4.78 is 0. The Morgan fingerprint density at radius 1 is 1.14 bits per heavy atom. The third-order valence-corrected chi connectivity index (χ3v) is 4.10. The SMILES string of the molecule is CCC1CCCN1C1CCC(N)CC1. The molecule has 0 aromatic rings. The Morgan fingerprint density at radius 2 is 1.86 bits per heavy atom. The van der Waals surface area contributed by atoms with Gasteiger partial charge in [-0.1, -0.05) is 6.92 Å². The molecule has 1 saturated carbocycles. The second kappa shape index (κ2) is 4.63. The van der Waals surface area contributed by atoms with Crippen molar-refractivity contribution in [3.05, 3.63) is 0 Å². The number of hydrogen-bond acceptors (Lipinski definition) is 2. The molecule has 1 heterocycles. The molecule has 0 radical (unpaired) electrons. The van der Waals surface area contributed by atoms with Crippen molar-refractivity contribution in [2.24, 2.45) is 5.73 Å². The first-order chi connectivity index (χ1) is 6.81. The van der Waals surface area contributed by atoms with E-state index in [0.29, 0.717) is 6.04 Å². The molecule has 2 heteroatoms. The summed E-state index contributed by atoms with van der Waals surface area (Å²) in [7, 11) is 0. The molecule has 2 N–H and O–H groups in total. The highest BCUT2D eigenvalue weighted by Gasteiger charge is 2.31. The summed E-state index contributed by atoms with van der Waals surface area (Å²) in [5, 5.41) is 0. The van der Waals surface area contributed by atoms with Crippen LogP contribution >= 0.6 is 0 Å². The molecule has 1 aliphatic carbocycles. The Kier molecular flexibility index (Phi) is 3.45. The van der Waals surface area contributed by atoms with Crippen molar-refractivity contribution >= 4 is 0 Å². The van der Waals surface area contributed by atoms with E-state index >= 15 is 0 Å². The van der Waals surface area contributed by atoms with Crippen LogP contribution in [0.2, 0.25) is 0 Å². The van der Waals surface area contributed by atoms with E-state index in [-0.39, 0.29) is 0 Å². The van der Waals surface area contributed by atoms with Gasteiger partial charge < -0.3 is 5.73 Å². The molecule has 0 aromatic heterocycles. The van der Waals surface area contributed by atoms with Crippen LogP contribution in [0, 0.1) is 0 Å². The van der Waals surface area contributed by atoms with Gasteiger partial charge in [0.15, 0.2) is 0 Å². The summed E-state index contributed by atoms with van der Waals surface area (Å²) in [5.41, 5.74) is 5.94. The van der Waals surface area contributed by atoms with E-state index in [9.17, 15) is 0 Å². The van der Waals surface area contributed by atoms with Crippen molar-refractivity contribution in [3.8, 4) is 0 Å². The Labute approximate surface area is 87.8 Å². The Balaban J connectivity index is 1.88. The minimum Gasteiger partial charge on any atom is -0.328 e. The average Bonchev–Trinajstić information content (AvgIpc) is 2.67. The molecule has 1 saturated heterocycles. The highest BCUT2D eigenvalue weighted by molar-refractivity contribution is 4.87. The molecule has 0 spiro atoms. The van der Waals surface area contributed by atoms with E-state index in [0.717, 1.165) is 12.1 Å². The molecule has 1 atom stereocenters. The highest BCUT2D eigenvalue weighted by Crippen LogP contribution is 2.29. The van der Waals surface area contributed by atoms with E-state index < -0.39 is 0 Å². The summed E-state index contributed by atoms with van der Waals surface area (Å²) in [6.45, 7) is 3.68. The van der Waals surface area contributed by atoms with Crippen molar-refractivity contribution in [1.82, 2.24) is 4.90 Å². The van der Waals surface area contributed by atoms with E-state index in [1.54, 1.807) is 0 Å². The second-order valence-corrected chi connectivity index (χ2v) is 5.01. The van der Waals surface area contributed by atoms with E-state index in [1.807, 2.05) is 0 Å². The summed E-state index contributed by atoms with van der Waals surface area (Å²) in [6, 6.07) is 2.24. The molecule has 2 fully saturated rings. The number of likely N-dealkylation sites (tertiary alicyclic amines) is 1. The van der Waals surface area contributed by atoms with Crippen LogP contribution in [0.25, 0.3) is 0 Å². The summed E-state index contributed by atoms with van der Waals surface area (Å²) in [5.74, 6) is 0. The van der Waals surface area contributed by atoms with Gasteiger partial charge in [-0.25, -0.2) is 0 Å². The molecule has 82 valence electrons. The molecule has 0 bridgehead atoms. The Hall–Kier alpha value is -0.0800. The Bertz CT molecular complexity index is 173. The monoisotopic (exact) mass is 196 g/mol. The topological polar surface area (TPSA) is 29.3 Å². The van der Waals surface area contributed by atoms with Crippen LogP contribution in [0.1, 0.15) is 51.9 Å². The summed E-state index contributed by atoms with van der Waals surface area (Å²) in [6.07, 6.45) is 9.37. The van der Waals surface area contributed by atoms with E-state index in [2.05, 4.69) is 11.8 Å². The fraction of sp³-hybridized carbons (Fsp3) is 1.00. The lowest BCUT2D eigenvalue weighted by atomic mass is 9.90. The first kappa shape index (κ1) is 10.4. The van der Waals surface area contributed by atoms with Crippen molar-refractivity contribution in [1.29, 1.82) is 0 Å². The van der Waals surface area contributed by atoms with Crippen LogP contribution in [-0.4, -0.2) is 29.6 Å². The summed E-state index contributed by atoms with van der Waals surface area (Å²) >= 11 is 0. The molecule has 2 nitrogen and oxygen atoms in total. The minimum atomic E-state index is 0.494. The van der Waals surface area contributed by atoms with Crippen molar-refractivity contribution in [3.63, 3.8) is 0 Å². The maximum absolute atomic E-state index is 5.94. The smallest absolute Gasteiger partial charge is 0.00993 e. The van der Waals surface area contributed by atoms with Gasteiger partial charge in [0.25, 0.3) is 0 Å². The summed E-state index contributed by atoms with van der Waals surface area (Å²) in [4.78, 5) is 2.77. The van der Waals surface area contributed by atoms with Gasteiger partial charge in [-0.3, -0.25) is 4.90 Å². The number of nitrogens with two attached hydrogens (primary N) is 1. The lowest BCUT2D eigenvalue weighted by Gasteiger charge is -2.36. The van der Waals surface area contributed by atoms with Crippen molar-refractivity contribution in [2.45, 2.75) is 70.0 Å². The number of rotatable bonds is 2. The minimum absolute atomic E-state index is 0.494. The molecular formula is C12H24N2. The number of nitrogens with zero attached hydrogens (tertiary/aromatic N) is 1. The largest absolute Gasteiger partial charge is 0.328 e. The van der Waals surface area contributed by atoms with Gasteiger partial charge >= 0.3 is 0 Å². The maximum atomic E-state index is 5.94. The van der Waals surface area contributed by atoms with Crippen LogP contribution in [-0.2, 0) is 0 Å². The molecule has 1 aliphatic heterocycles. The van der Waals surface area contributed by atoms with Gasteiger partial charge in [-0.2, -0.15) is 0 Å². The first-order valence-electron chi connectivity index (χ1n) is 6.32. The zero-order valence-electron chi connectivity index (χ0n) is 9.41. The molecule has 14 heavy (non-hydrogen) atoms. The van der Waals surface area contributed by atoms with Gasteiger partial charge in [0.05, 0.1) is 0 Å². The molecular weight excluding hydrogens is 172 g/mol. The average molecular weight is 196 g/mol. The van der Waals surface area contributed by atoms with Crippen LogP contribution in [0.3, 0.4) is 0 Å². The third kappa shape index (κ3) is 2.12. The van der Waals surface area contributed by atoms with Gasteiger partial charge in [-0.15, -0.1) is 0 Å². The predicted octanol–water partition coefficient (Wildman–Crippen LogP) is 2.13. The second-order valence-electron chi connectivity index (χ2n) is 5.01. The van der Waals surface area contributed by atoms with Crippen LogP contribution < -0.4 is 5.73 Å². The molecule has 0 amide bonds. The van der Waals surface area contributed by atoms with Gasteiger partial charge in [-0.05, 0) is 51.5 Å². The lowest BCUT2D eigenvalue weighted by molar-refractivity contribution is 0.133.